The SMILES string of the molecule is CC1CN(c2cccc(F)c2C(N)=O)CCC1N. The highest BCUT2D eigenvalue weighted by Gasteiger charge is 2.26. The van der Waals surface area contributed by atoms with Crippen molar-refractivity contribution in [2.75, 3.05) is 18.0 Å². The average molecular weight is 251 g/mol. The van der Waals surface area contributed by atoms with Gasteiger partial charge in [-0.2, -0.15) is 0 Å². The van der Waals surface area contributed by atoms with Crippen molar-refractivity contribution in [1.29, 1.82) is 0 Å². The van der Waals surface area contributed by atoms with E-state index in [0.29, 0.717) is 18.2 Å². The molecule has 1 aromatic carbocycles. The maximum absolute atomic E-state index is 13.7. The second-order valence-electron chi connectivity index (χ2n) is 4.87. The molecule has 1 aliphatic heterocycles. The average Bonchev–Trinajstić information content (AvgIpc) is 2.32. The van der Waals surface area contributed by atoms with E-state index in [0.717, 1.165) is 13.0 Å². The number of hydrogen-bond acceptors (Lipinski definition) is 3. The molecule has 2 atom stereocenters. The van der Waals surface area contributed by atoms with E-state index in [1.54, 1.807) is 12.1 Å². The molecule has 1 aromatic rings. The summed E-state index contributed by atoms with van der Waals surface area (Å²) in [5.74, 6) is -0.990. The van der Waals surface area contributed by atoms with E-state index in [9.17, 15) is 9.18 Å². The van der Waals surface area contributed by atoms with Gasteiger partial charge in [0.05, 0.1) is 11.3 Å². The van der Waals surface area contributed by atoms with Gasteiger partial charge in [0.15, 0.2) is 0 Å². The van der Waals surface area contributed by atoms with Crippen molar-refractivity contribution >= 4 is 11.6 Å². The Balaban J connectivity index is 2.34. The van der Waals surface area contributed by atoms with Crippen molar-refractivity contribution < 1.29 is 9.18 Å². The van der Waals surface area contributed by atoms with Gasteiger partial charge in [-0.3, -0.25) is 4.79 Å². The van der Waals surface area contributed by atoms with Crippen LogP contribution in [-0.2, 0) is 0 Å². The largest absolute Gasteiger partial charge is 0.370 e. The first-order valence-electron chi connectivity index (χ1n) is 6.09. The first-order valence-corrected chi connectivity index (χ1v) is 6.09. The quantitative estimate of drug-likeness (QED) is 0.826. The summed E-state index contributed by atoms with van der Waals surface area (Å²) in [6.07, 6.45) is 0.829. The standard InChI is InChI=1S/C13H18FN3O/c1-8-7-17(6-5-10(8)15)11-4-2-3-9(14)12(11)13(16)18/h2-4,8,10H,5-7,15H2,1H3,(H2,16,18). The van der Waals surface area contributed by atoms with Gasteiger partial charge in [0, 0.05) is 19.1 Å². The third-order valence-electron chi connectivity index (χ3n) is 3.55. The summed E-state index contributed by atoms with van der Waals surface area (Å²) in [5, 5.41) is 0. The molecule has 0 aromatic heterocycles. The van der Waals surface area contributed by atoms with Crippen LogP contribution in [0, 0.1) is 11.7 Å². The normalized spacial score (nSPS) is 24.1. The van der Waals surface area contributed by atoms with E-state index < -0.39 is 11.7 Å². The number of rotatable bonds is 2. The van der Waals surface area contributed by atoms with Crippen LogP contribution >= 0.6 is 0 Å². The van der Waals surface area contributed by atoms with Crippen molar-refractivity contribution in [3.8, 4) is 0 Å². The number of benzene rings is 1. The number of hydrogen-bond donors (Lipinski definition) is 2. The third-order valence-corrected chi connectivity index (χ3v) is 3.55. The van der Waals surface area contributed by atoms with Crippen LogP contribution in [0.3, 0.4) is 0 Å². The minimum atomic E-state index is -0.731. The Hall–Kier alpha value is -1.62. The van der Waals surface area contributed by atoms with Gasteiger partial charge in [0.1, 0.15) is 5.82 Å². The Morgan fingerprint density at radius 3 is 2.83 bits per heavy atom. The molecular weight excluding hydrogens is 233 g/mol. The molecule has 1 aliphatic rings. The molecule has 0 saturated carbocycles. The Morgan fingerprint density at radius 1 is 1.50 bits per heavy atom. The van der Waals surface area contributed by atoms with Gasteiger partial charge in [-0.1, -0.05) is 13.0 Å². The van der Waals surface area contributed by atoms with Crippen LogP contribution in [0.1, 0.15) is 23.7 Å². The lowest BCUT2D eigenvalue weighted by Gasteiger charge is -2.37. The molecule has 1 fully saturated rings. The molecule has 0 aliphatic carbocycles. The summed E-state index contributed by atoms with van der Waals surface area (Å²) in [7, 11) is 0. The van der Waals surface area contributed by atoms with Crippen LogP contribution < -0.4 is 16.4 Å². The van der Waals surface area contributed by atoms with E-state index in [2.05, 4.69) is 6.92 Å². The number of primary amides is 1. The Morgan fingerprint density at radius 2 is 2.22 bits per heavy atom. The number of carbonyl (C=O) groups is 1. The minimum absolute atomic E-state index is 0.0276. The van der Waals surface area contributed by atoms with E-state index >= 15 is 0 Å². The second-order valence-corrected chi connectivity index (χ2v) is 4.87. The highest BCUT2D eigenvalue weighted by atomic mass is 19.1. The lowest BCUT2D eigenvalue weighted by Crippen LogP contribution is -2.46. The predicted octanol–water partition coefficient (Wildman–Crippen LogP) is 1.10. The van der Waals surface area contributed by atoms with Gasteiger partial charge in [0.25, 0.3) is 5.91 Å². The predicted molar refractivity (Wildman–Crippen MR) is 68.9 cm³/mol. The lowest BCUT2D eigenvalue weighted by molar-refractivity contribution is 0.0997. The van der Waals surface area contributed by atoms with Crippen molar-refractivity contribution in [2.24, 2.45) is 17.4 Å². The molecule has 0 bridgehead atoms. The maximum atomic E-state index is 13.7. The summed E-state index contributed by atoms with van der Waals surface area (Å²) in [4.78, 5) is 13.3. The van der Waals surface area contributed by atoms with Crippen molar-refractivity contribution in [3.63, 3.8) is 0 Å². The lowest BCUT2D eigenvalue weighted by atomic mass is 9.94. The molecule has 2 unspecified atom stereocenters. The number of halogens is 1. The number of carbonyl (C=O) groups excluding carboxylic acids is 1. The van der Waals surface area contributed by atoms with Crippen LogP contribution in [0.5, 0.6) is 0 Å². The molecule has 1 heterocycles. The molecule has 2 rings (SSSR count). The van der Waals surface area contributed by atoms with Gasteiger partial charge < -0.3 is 16.4 Å². The second kappa shape index (κ2) is 4.94. The molecule has 4 N–H and O–H groups in total. The number of piperidine rings is 1. The van der Waals surface area contributed by atoms with E-state index in [1.165, 1.54) is 6.07 Å². The zero-order chi connectivity index (χ0) is 13.3. The summed E-state index contributed by atoms with van der Waals surface area (Å²) in [6, 6.07) is 4.73. The molecule has 4 nitrogen and oxygen atoms in total. The number of nitrogens with two attached hydrogens (primary N) is 2. The van der Waals surface area contributed by atoms with Gasteiger partial charge in [-0.25, -0.2) is 4.39 Å². The topological polar surface area (TPSA) is 72.3 Å². The summed E-state index contributed by atoms with van der Waals surface area (Å²) < 4.78 is 13.7. The molecule has 98 valence electrons. The molecule has 18 heavy (non-hydrogen) atoms. The third kappa shape index (κ3) is 2.31. The molecule has 1 saturated heterocycles. The number of nitrogens with zero attached hydrogens (tertiary/aromatic N) is 1. The van der Waals surface area contributed by atoms with Crippen LogP contribution in [0.4, 0.5) is 10.1 Å². The van der Waals surface area contributed by atoms with Crippen LogP contribution in [-0.4, -0.2) is 25.0 Å². The summed E-state index contributed by atoms with van der Waals surface area (Å²) in [6.45, 7) is 3.49. The Labute approximate surface area is 106 Å². The maximum Gasteiger partial charge on any atom is 0.253 e. The first-order chi connectivity index (χ1) is 8.50. The van der Waals surface area contributed by atoms with Gasteiger partial charge in [0.2, 0.25) is 0 Å². The molecule has 0 radical (unpaired) electrons. The highest BCUT2D eigenvalue weighted by molar-refractivity contribution is 5.99. The fraction of sp³-hybridized carbons (Fsp3) is 0.462. The van der Waals surface area contributed by atoms with E-state index in [4.69, 9.17) is 11.5 Å². The summed E-state index contributed by atoms with van der Waals surface area (Å²) >= 11 is 0. The van der Waals surface area contributed by atoms with Gasteiger partial charge >= 0.3 is 0 Å². The summed E-state index contributed by atoms with van der Waals surface area (Å²) in [5.41, 5.74) is 11.8. The molecule has 1 amide bonds. The molecule has 0 spiro atoms. The first kappa shape index (κ1) is 12.8. The molecular formula is C13H18FN3O. The van der Waals surface area contributed by atoms with Crippen LogP contribution in [0.25, 0.3) is 0 Å². The van der Waals surface area contributed by atoms with Crippen molar-refractivity contribution in [3.05, 3.63) is 29.6 Å². The zero-order valence-corrected chi connectivity index (χ0v) is 10.4. The fourth-order valence-corrected chi connectivity index (χ4v) is 2.40. The smallest absolute Gasteiger partial charge is 0.253 e. The Kier molecular flexibility index (Phi) is 3.52. The van der Waals surface area contributed by atoms with Crippen molar-refractivity contribution in [1.82, 2.24) is 0 Å². The van der Waals surface area contributed by atoms with E-state index in [-0.39, 0.29) is 11.6 Å². The van der Waals surface area contributed by atoms with Crippen LogP contribution in [0.15, 0.2) is 18.2 Å². The van der Waals surface area contributed by atoms with E-state index in [1.807, 2.05) is 4.90 Å². The van der Waals surface area contributed by atoms with Crippen molar-refractivity contribution in [2.45, 2.75) is 19.4 Å². The number of amides is 1. The Bertz CT molecular complexity index is 464. The fourth-order valence-electron chi connectivity index (χ4n) is 2.40. The zero-order valence-electron chi connectivity index (χ0n) is 10.4. The highest BCUT2D eigenvalue weighted by Crippen LogP contribution is 2.27. The van der Waals surface area contributed by atoms with Crippen LogP contribution in [0.2, 0.25) is 0 Å². The molecule has 5 heteroatoms. The minimum Gasteiger partial charge on any atom is -0.370 e. The monoisotopic (exact) mass is 251 g/mol. The number of anilines is 1. The van der Waals surface area contributed by atoms with Gasteiger partial charge in [-0.05, 0) is 24.5 Å². The van der Waals surface area contributed by atoms with Gasteiger partial charge in [-0.15, -0.1) is 0 Å².